The van der Waals surface area contributed by atoms with E-state index >= 15 is 0 Å². The largest absolute Gasteiger partial charge is 0.345 e. The van der Waals surface area contributed by atoms with Crippen molar-refractivity contribution in [2.75, 3.05) is 13.1 Å². The van der Waals surface area contributed by atoms with Crippen molar-refractivity contribution in [3.8, 4) is 0 Å². The first-order valence-electron chi connectivity index (χ1n) is 9.52. The summed E-state index contributed by atoms with van der Waals surface area (Å²) in [6, 6.07) is 9.65. The monoisotopic (exact) mass is 387 g/mol. The predicted molar refractivity (Wildman–Crippen MR) is 103 cm³/mol. The molecule has 6 nitrogen and oxygen atoms in total. The second kappa shape index (κ2) is 7.13. The first kappa shape index (κ1) is 18.3. The van der Waals surface area contributed by atoms with E-state index in [-0.39, 0.29) is 16.8 Å². The highest BCUT2D eigenvalue weighted by Crippen LogP contribution is 2.30. The number of benzene rings is 1. The van der Waals surface area contributed by atoms with Crippen LogP contribution in [0.3, 0.4) is 0 Å². The Kier molecular flexibility index (Phi) is 4.82. The number of nitrogens with one attached hydrogen (secondary N) is 1. The lowest BCUT2D eigenvalue weighted by molar-refractivity contribution is 0.0924. The van der Waals surface area contributed by atoms with Gasteiger partial charge in [0.25, 0.3) is 5.91 Å². The zero-order valence-electron chi connectivity index (χ0n) is 15.5. The Morgan fingerprint density at radius 3 is 2.67 bits per heavy atom. The SMILES string of the molecule is Cn1cc(S(=O)(=O)N2CCCC2)cc1C(=O)N[C@H]1CCCc2ccccc21. The Morgan fingerprint density at radius 2 is 1.89 bits per heavy atom. The van der Waals surface area contributed by atoms with Crippen molar-refractivity contribution in [1.29, 1.82) is 0 Å². The number of amides is 1. The van der Waals surface area contributed by atoms with E-state index in [2.05, 4.69) is 17.4 Å². The summed E-state index contributed by atoms with van der Waals surface area (Å²) in [5.41, 5.74) is 2.81. The van der Waals surface area contributed by atoms with Crippen molar-refractivity contribution < 1.29 is 13.2 Å². The lowest BCUT2D eigenvalue weighted by atomic mass is 9.87. The maximum atomic E-state index is 12.9. The minimum absolute atomic E-state index is 0.0315. The summed E-state index contributed by atoms with van der Waals surface area (Å²) in [5, 5.41) is 3.10. The molecule has 1 atom stereocenters. The number of carbonyl (C=O) groups excluding carboxylic acids is 1. The Hall–Kier alpha value is -2.12. The van der Waals surface area contributed by atoms with Gasteiger partial charge in [0.15, 0.2) is 0 Å². The minimum Gasteiger partial charge on any atom is -0.345 e. The lowest BCUT2D eigenvalue weighted by Crippen LogP contribution is -2.32. The second-order valence-electron chi connectivity index (χ2n) is 7.40. The number of aryl methyl sites for hydroxylation is 2. The summed E-state index contributed by atoms with van der Waals surface area (Å²) < 4.78 is 28.6. The van der Waals surface area contributed by atoms with Gasteiger partial charge in [-0.1, -0.05) is 24.3 Å². The molecule has 0 radical (unpaired) electrons. The predicted octanol–water partition coefficient (Wildman–Crippen LogP) is 2.62. The van der Waals surface area contributed by atoms with Crippen molar-refractivity contribution in [1.82, 2.24) is 14.2 Å². The molecule has 1 fully saturated rings. The van der Waals surface area contributed by atoms with Gasteiger partial charge in [0.1, 0.15) is 10.6 Å². The maximum absolute atomic E-state index is 12.9. The molecule has 0 saturated carbocycles. The third-order valence-corrected chi connectivity index (χ3v) is 7.45. The molecule has 144 valence electrons. The summed E-state index contributed by atoms with van der Waals surface area (Å²) in [4.78, 5) is 13.1. The average molecular weight is 388 g/mol. The van der Waals surface area contributed by atoms with Crippen LogP contribution in [0, 0.1) is 0 Å². The van der Waals surface area contributed by atoms with Crippen LogP contribution in [0.15, 0.2) is 41.4 Å². The van der Waals surface area contributed by atoms with Gasteiger partial charge in [0.05, 0.1) is 6.04 Å². The van der Waals surface area contributed by atoms with E-state index < -0.39 is 10.0 Å². The summed E-state index contributed by atoms with van der Waals surface area (Å²) >= 11 is 0. The third kappa shape index (κ3) is 3.41. The first-order valence-corrected chi connectivity index (χ1v) is 11.0. The molecule has 7 heteroatoms. The van der Waals surface area contributed by atoms with E-state index in [0.717, 1.165) is 37.7 Å². The van der Waals surface area contributed by atoms with Crippen LogP contribution in [-0.4, -0.2) is 36.3 Å². The van der Waals surface area contributed by atoms with Crippen molar-refractivity contribution in [3.63, 3.8) is 0 Å². The van der Waals surface area contributed by atoms with Crippen molar-refractivity contribution in [2.24, 2.45) is 7.05 Å². The van der Waals surface area contributed by atoms with Crippen LogP contribution in [0.1, 0.15) is 53.3 Å². The van der Waals surface area contributed by atoms with Crippen LogP contribution in [-0.2, 0) is 23.5 Å². The van der Waals surface area contributed by atoms with Crippen LogP contribution < -0.4 is 5.32 Å². The fourth-order valence-corrected chi connectivity index (χ4v) is 5.70. The Morgan fingerprint density at radius 1 is 1.15 bits per heavy atom. The molecule has 4 rings (SSSR count). The third-order valence-electron chi connectivity index (χ3n) is 5.59. The molecule has 0 unspecified atom stereocenters. The smallest absolute Gasteiger partial charge is 0.268 e. The molecule has 1 saturated heterocycles. The Labute approximate surface area is 160 Å². The standard InChI is InChI=1S/C20H25N3O3S/c1-22-14-16(27(25,26)23-11-4-5-12-23)13-19(22)20(24)21-18-10-6-8-15-7-2-3-9-17(15)18/h2-3,7,9,13-14,18H,4-6,8,10-12H2,1H3,(H,21,24)/t18-/m0/s1. The van der Waals surface area contributed by atoms with Crippen LogP contribution in [0.25, 0.3) is 0 Å². The normalized spacial score (nSPS) is 20.4. The molecule has 1 aliphatic heterocycles. The number of hydrogen-bond donors (Lipinski definition) is 1. The molecule has 1 aromatic heterocycles. The Bertz CT molecular complexity index is 959. The number of aromatic nitrogens is 1. The van der Waals surface area contributed by atoms with Gasteiger partial charge < -0.3 is 9.88 Å². The minimum atomic E-state index is -3.52. The molecule has 0 bridgehead atoms. The van der Waals surface area contributed by atoms with Gasteiger partial charge in [-0.2, -0.15) is 4.31 Å². The van der Waals surface area contributed by atoms with Gasteiger partial charge in [0.2, 0.25) is 10.0 Å². The molecule has 1 amide bonds. The molecule has 1 aliphatic carbocycles. The first-order chi connectivity index (χ1) is 13.0. The highest BCUT2D eigenvalue weighted by atomic mass is 32.2. The number of fused-ring (bicyclic) bond motifs is 1. The van der Waals surface area contributed by atoms with Gasteiger partial charge in [-0.05, 0) is 49.3 Å². The van der Waals surface area contributed by atoms with Crippen LogP contribution in [0.5, 0.6) is 0 Å². The summed E-state index contributed by atoms with van der Waals surface area (Å²) in [6.45, 7) is 1.11. The molecule has 27 heavy (non-hydrogen) atoms. The Balaban J connectivity index is 1.56. The van der Waals surface area contributed by atoms with Crippen LogP contribution in [0.2, 0.25) is 0 Å². The molecule has 2 aromatic rings. The fraction of sp³-hybridized carbons (Fsp3) is 0.450. The number of rotatable bonds is 4. The van der Waals surface area contributed by atoms with Gasteiger partial charge in [-0.15, -0.1) is 0 Å². The van der Waals surface area contributed by atoms with Gasteiger partial charge in [-0.3, -0.25) is 4.79 Å². The van der Waals surface area contributed by atoms with E-state index in [1.165, 1.54) is 22.1 Å². The van der Waals surface area contributed by atoms with E-state index in [0.29, 0.717) is 18.8 Å². The number of sulfonamides is 1. The van der Waals surface area contributed by atoms with Crippen molar-refractivity contribution in [3.05, 3.63) is 53.3 Å². The summed E-state index contributed by atoms with van der Waals surface area (Å²) in [7, 11) is -1.81. The van der Waals surface area contributed by atoms with E-state index in [1.54, 1.807) is 11.6 Å². The molecule has 1 aromatic carbocycles. The quantitative estimate of drug-likeness (QED) is 0.877. The number of carbonyl (C=O) groups is 1. The fourth-order valence-electron chi connectivity index (χ4n) is 4.11. The lowest BCUT2D eigenvalue weighted by Gasteiger charge is -2.26. The summed E-state index contributed by atoms with van der Waals surface area (Å²) in [5.74, 6) is -0.234. The average Bonchev–Trinajstić information content (AvgIpc) is 3.32. The molecule has 2 heterocycles. The number of nitrogens with zero attached hydrogens (tertiary/aromatic N) is 2. The van der Waals surface area contributed by atoms with Gasteiger partial charge >= 0.3 is 0 Å². The molecular formula is C20H25N3O3S. The topological polar surface area (TPSA) is 71.4 Å². The van der Waals surface area contributed by atoms with Crippen molar-refractivity contribution in [2.45, 2.75) is 43.0 Å². The van der Waals surface area contributed by atoms with Gasteiger partial charge in [-0.25, -0.2) is 8.42 Å². The molecular weight excluding hydrogens is 362 g/mol. The second-order valence-corrected chi connectivity index (χ2v) is 9.34. The highest BCUT2D eigenvalue weighted by molar-refractivity contribution is 7.89. The van der Waals surface area contributed by atoms with E-state index in [4.69, 9.17) is 0 Å². The van der Waals surface area contributed by atoms with Gasteiger partial charge in [0, 0.05) is 26.3 Å². The maximum Gasteiger partial charge on any atom is 0.268 e. The molecule has 2 aliphatic rings. The highest BCUT2D eigenvalue weighted by Gasteiger charge is 2.30. The number of hydrogen-bond acceptors (Lipinski definition) is 3. The zero-order valence-corrected chi connectivity index (χ0v) is 16.3. The van der Waals surface area contributed by atoms with Crippen molar-refractivity contribution >= 4 is 15.9 Å². The molecule has 0 spiro atoms. The summed E-state index contributed by atoms with van der Waals surface area (Å²) in [6.07, 6.45) is 6.28. The van der Waals surface area contributed by atoms with Crippen LogP contribution >= 0.6 is 0 Å². The van der Waals surface area contributed by atoms with Crippen LogP contribution in [0.4, 0.5) is 0 Å². The van der Waals surface area contributed by atoms with E-state index in [9.17, 15) is 13.2 Å². The molecule has 1 N–H and O–H groups in total. The van der Waals surface area contributed by atoms with E-state index in [1.807, 2.05) is 12.1 Å². The zero-order chi connectivity index (χ0) is 19.0.